The first-order valence-electron chi connectivity index (χ1n) is 11.0. The normalized spacial score (nSPS) is 20.8. The molecule has 3 heterocycles. The number of hydrogen-bond donors (Lipinski definition) is 2. The van der Waals surface area contributed by atoms with Crippen LogP contribution in [0, 0.1) is 11.8 Å². The fraction of sp³-hybridized carbons (Fsp3) is 0.714. The highest BCUT2D eigenvalue weighted by atomic mass is 16.5. The zero-order chi connectivity index (χ0) is 21.5. The summed E-state index contributed by atoms with van der Waals surface area (Å²) < 4.78 is 5.70. The number of likely N-dealkylation sites (tertiary alicyclic amines) is 1. The van der Waals surface area contributed by atoms with Crippen molar-refractivity contribution in [3.63, 3.8) is 0 Å². The van der Waals surface area contributed by atoms with Crippen LogP contribution in [-0.2, 0) is 0 Å². The summed E-state index contributed by atoms with van der Waals surface area (Å²) in [6, 6.07) is 0.444. The van der Waals surface area contributed by atoms with Gasteiger partial charge in [-0.25, -0.2) is 14.8 Å². The second-order valence-corrected chi connectivity index (χ2v) is 8.61. The van der Waals surface area contributed by atoms with Gasteiger partial charge in [-0.05, 0) is 38.0 Å². The Morgan fingerprint density at radius 1 is 1.23 bits per heavy atom. The number of anilines is 1. The maximum absolute atomic E-state index is 12.2. The monoisotopic (exact) mass is 417 g/mol. The predicted molar refractivity (Wildman–Crippen MR) is 118 cm³/mol. The average Bonchev–Trinajstić information content (AvgIpc) is 3.18. The number of nitrogens with two attached hydrogens (primary N) is 2. The number of amidine groups is 1. The van der Waals surface area contributed by atoms with Crippen LogP contribution in [0.4, 0.5) is 10.5 Å². The molecule has 2 aliphatic heterocycles. The van der Waals surface area contributed by atoms with Gasteiger partial charge in [0.05, 0.1) is 24.7 Å². The van der Waals surface area contributed by atoms with Gasteiger partial charge in [-0.15, -0.1) is 0 Å². The molecule has 30 heavy (non-hydrogen) atoms. The van der Waals surface area contributed by atoms with Crippen molar-refractivity contribution in [3.8, 4) is 6.01 Å². The van der Waals surface area contributed by atoms with Gasteiger partial charge in [0.15, 0.2) is 0 Å². The molecule has 2 aliphatic rings. The first-order chi connectivity index (χ1) is 14.4. The van der Waals surface area contributed by atoms with Gasteiger partial charge in [-0.2, -0.15) is 4.99 Å². The highest BCUT2D eigenvalue weighted by molar-refractivity contribution is 5.93. The molecule has 1 aromatic rings. The van der Waals surface area contributed by atoms with Gasteiger partial charge in [0.2, 0.25) is 0 Å². The molecule has 1 aromatic heterocycles. The van der Waals surface area contributed by atoms with Gasteiger partial charge >= 0.3 is 12.0 Å². The van der Waals surface area contributed by atoms with E-state index in [-0.39, 0.29) is 18.0 Å². The number of amides is 2. The standard InChI is InChI=1S/C21H35N7O2/c1-15(2)19(23)26-21(29)27-8-5-16(6-9-27)4-3-11-30-20-24-12-18(13-25-20)28-10-7-17(22)14-28/h12-13,15-17H,3-11,14,22H2,1-2H3,(H2,23,26,29). The number of urea groups is 1. The maximum Gasteiger partial charge on any atom is 0.345 e. The van der Waals surface area contributed by atoms with Gasteiger partial charge in [0.25, 0.3) is 0 Å². The van der Waals surface area contributed by atoms with Crippen molar-refractivity contribution in [2.45, 2.75) is 52.0 Å². The van der Waals surface area contributed by atoms with Crippen molar-refractivity contribution in [3.05, 3.63) is 12.4 Å². The number of rotatable bonds is 7. The lowest BCUT2D eigenvalue weighted by atomic mass is 9.92. The van der Waals surface area contributed by atoms with Gasteiger partial charge in [-0.3, -0.25) is 0 Å². The second-order valence-electron chi connectivity index (χ2n) is 8.61. The number of ether oxygens (including phenoxy) is 1. The summed E-state index contributed by atoms with van der Waals surface area (Å²) in [5.74, 6) is 1.09. The Kier molecular flexibility index (Phi) is 7.84. The molecule has 9 heteroatoms. The highest BCUT2D eigenvalue weighted by Crippen LogP contribution is 2.23. The van der Waals surface area contributed by atoms with Crippen molar-refractivity contribution in [1.29, 1.82) is 0 Å². The molecule has 1 unspecified atom stereocenters. The van der Waals surface area contributed by atoms with Crippen LogP contribution in [0.3, 0.4) is 0 Å². The van der Waals surface area contributed by atoms with Crippen molar-refractivity contribution in [2.75, 3.05) is 37.7 Å². The summed E-state index contributed by atoms with van der Waals surface area (Å²) in [6.45, 7) is 7.75. The van der Waals surface area contributed by atoms with Crippen molar-refractivity contribution < 1.29 is 9.53 Å². The van der Waals surface area contributed by atoms with Gasteiger partial charge in [0.1, 0.15) is 5.84 Å². The fourth-order valence-electron chi connectivity index (χ4n) is 3.83. The first kappa shape index (κ1) is 22.3. The molecule has 0 spiro atoms. The van der Waals surface area contributed by atoms with Crippen LogP contribution in [0.15, 0.2) is 17.4 Å². The fourth-order valence-corrected chi connectivity index (χ4v) is 3.83. The molecule has 0 aromatic carbocycles. The molecule has 2 amide bonds. The van der Waals surface area contributed by atoms with Crippen LogP contribution in [-0.4, -0.2) is 65.6 Å². The number of carbonyl (C=O) groups is 1. The Bertz CT molecular complexity index is 715. The molecule has 2 saturated heterocycles. The van der Waals surface area contributed by atoms with E-state index in [1.165, 1.54) is 0 Å². The van der Waals surface area contributed by atoms with Gasteiger partial charge < -0.3 is 26.0 Å². The van der Waals surface area contributed by atoms with Gasteiger partial charge in [-0.1, -0.05) is 13.8 Å². The Morgan fingerprint density at radius 2 is 1.93 bits per heavy atom. The number of aliphatic imine (C=N–C) groups is 1. The quantitative estimate of drug-likeness (QED) is 0.395. The summed E-state index contributed by atoms with van der Waals surface area (Å²) in [7, 11) is 0. The molecule has 2 fully saturated rings. The lowest BCUT2D eigenvalue weighted by molar-refractivity contribution is 0.172. The molecule has 0 aliphatic carbocycles. The molecule has 0 bridgehead atoms. The summed E-state index contributed by atoms with van der Waals surface area (Å²) in [6.07, 6.45) is 8.62. The van der Waals surface area contributed by atoms with E-state index in [1.807, 2.05) is 26.2 Å². The maximum atomic E-state index is 12.2. The van der Waals surface area contributed by atoms with Crippen molar-refractivity contribution in [1.82, 2.24) is 14.9 Å². The second kappa shape index (κ2) is 10.6. The molecule has 0 saturated carbocycles. The molecule has 0 radical (unpaired) electrons. The number of hydrogen-bond acceptors (Lipinski definition) is 6. The first-order valence-corrected chi connectivity index (χ1v) is 11.0. The highest BCUT2D eigenvalue weighted by Gasteiger charge is 2.23. The lowest BCUT2D eigenvalue weighted by Crippen LogP contribution is -2.38. The van der Waals surface area contributed by atoms with E-state index in [2.05, 4.69) is 19.9 Å². The van der Waals surface area contributed by atoms with E-state index in [4.69, 9.17) is 16.2 Å². The van der Waals surface area contributed by atoms with Crippen molar-refractivity contribution in [2.24, 2.45) is 28.3 Å². The largest absolute Gasteiger partial charge is 0.463 e. The van der Waals surface area contributed by atoms with Crippen LogP contribution in [0.25, 0.3) is 0 Å². The third-order valence-electron chi connectivity index (χ3n) is 5.89. The van der Waals surface area contributed by atoms with Crippen LogP contribution >= 0.6 is 0 Å². The van der Waals surface area contributed by atoms with Gasteiger partial charge in [0, 0.05) is 38.1 Å². The van der Waals surface area contributed by atoms with E-state index >= 15 is 0 Å². The van der Waals surface area contributed by atoms with Crippen LogP contribution in [0.2, 0.25) is 0 Å². The van der Waals surface area contributed by atoms with E-state index in [1.54, 1.807) is 4.90 Å². The third kappa shape index (κ3) is 6.29. The Labute approximate surface area is 178 Å². The van der Waals surface area contributed by atoms with E-state index in [0.29, 0.717) is 24.4 Å². The minimum absolute atomic E-state index is 0.0881. The zero-order valence-electron chi connectivity index (χ0n) is 18.2. The molecule has 3 rings (SSSR count). The number of carbonyl (C=O) groups excluding carboxylic acids is 1. The summed E-state index contributed by atoms with van der Waals surface area (Å²) in [5, 5.41) is 0. The Morgan fingerprint density at radius 3 is 2.53 bits per heavy atom. The zero-order valence-corrected chi connectivity index (χ0v) is 18.2. The average molecular weight is 418 g/mol. The molecule has 1 atom stereocenters. The topological polar surface area (TPSA) is 123 Å². The molecular formula is C21H35N7O2. The third-order valence-corrected chi connectivity index (χ3v) is 5.89. The van der Waals surface area contributed by atoms with Crippen LogP contribution < -0.4 is 21.1 Å². The SMILES string of the molecule is CC(C)/C(N)=N/C(=O)N1CCC(CCCOc2ncc(N3CCC(N)C3)cn2)CC1. The van der Waals surface area contributed by atoms with Crippen LogP contribution in [0.5, 0.6) is 6.01 Å². The molecular weight excluding hydrogens is 382 g/mol. The lowest BCUT2D eigenvalue weighted by Gasteiger charge is -2.30. The van der Waals surface area contributed by atoms with E-state index < -0.39 is 0 Å². The minimum atomic E-state index is -0.209. The summed E-state index contributed by atoms with van der Waals surface area (Å²) in [4.78, 5) is 28.8. The smallest absolute Gasteiger partial charge is 0.345 e. The number of aromatic nitrogens is 2. The van der Waals surface area contributed by atoms with E-state index in [0.717, 1.165) is 64.0 Å². The minimum Gasteiger partial charge on any atom is -0.463 e. The summed E-state index contributed by atoms with van der Waals surface area (Å²) in [5.41, 5.74) is 12.7. The van der Waals surface area contributed by atoms with E-state index in [9.17, 15) is 4.79 Å². The summed E-state index contributed by atoms with van der Waals surface area (Å²) >= 11 is 0. The number of nitrogens with zero attached hydrogens (tertiary/aromatic N) is 5. The van der Waals surface area contributed by atoms with Crippen LogP contribution in [0.1, 0.15) is 46.0 Å². The molecule has 4 N–H and O–H groups in total. The predicted octanol–water partition coefficient (Wildman–Crippen LogP) is 2.02. The molecule has 9 nitrogen and oxygen atoms in total. The van der Waals surface area contributed by atoms with Crippen molar-refractivity contribution >= 4 is 17.6 Å². The molecule has 166 valence electrons. The number of piperidine rings is 1. The Hall–Kier alpha value is -2.42. The Balaban J connectivity index is 1.32.